The summed E-state index contributed by atoms with van der Waals surface area (Å²) in [6, 6.07) is 0. The summed E-state index contributed by atoms with van der Waals surface area (Å²) in [6.07, 6.45) is 10.5. The van der Waals surface area contributed by atoms with Crippen LogP contribution in [0.5, 0.6) is 0 Å². The van der Waals surface area contributed by atoms with E-state index >= 15 is 0 Å². The average molecular weight is 547 g/mol. The van der Waals surface area contributed by atoms with Gasteiger partial charge in [-0.15, -0.1) is 0 Å². The highest BCUT2D eigenvalue weighted by Crippen LogP contribution is 2.67. The van der Waals surface area contributed by atoms with E-state index in [0.717, 1.165) is 32.1 Å². The minimum atomic E-state index is -2.02. The lowest BCUT2D eigenvalue weighted by Gasteiger charge is -2.58. The van der Waals surface area contributed by atoms with E-state index in [2.05, 4.69) is 54.6 Å². The maximum Gasteiger partial charge on any atom is 0.192 e. The van der Waals surface area contributed by atoms with Crippen molar-refractivity contribution in [2.75, 3.05) is 0 Å². The van der Waals surface area contributed by atoms with Gasteiger partial charge in [-0.3, -0.25) is 4.79 Å². The molecule has 0 spiro atoms. The third kappa shape index (κ3) is 5.40. The van der Waals surface area contributed by atoms with Gasteiger partial charge < -0.3 is 14.6 Å². The first kappa shape index (κ1) is 30.5. The van der Waals surface area contributed by atoms with Crippen molar-refractivity contribution in [3.63, 3.8) is 0 Å². The molecule has 2 N–H and O–H groups in total. The zero-order valence-electron chi connectivity index (χ0n) is 26.2. The van der Waals surface area contributed by atoms with Crippen LogP contribution >= 0.6 is 0 Å². The van der Waals surface area contributed by atoms with Crippen LogP contribution in [-0.4, -0.2) is 42.1 Å². The fourth-order valence-electron chi connectivity index (χ4n) is 9.12. The molecule has 4 nitrogen and oxygen atoms in total. The molecular formula is C33H58O4Si. The first-order valence-corrected chi connectivity index (χ1v) is 18.5. The Hall–Kier alpha value is -0.493. The standard InChI is InChI=1S/C33H58O4Si/c1-21(12-11-16-31(5,6)36)23-13-14-24-29-25(15-17-32(23,24)7)33(8)20-27(35)28(19-22(33)18-26(29)34)37-38(9,10)30(2,3)4/h18,21,23-25,27-29,35-36H,11-17,19-20H2,1-10H3/t21-,23-,24+,25+,27-,28-,29+,32-,33+/m1/s1. The van der Waals surface area contributed by atoms with Crippen LogP contribution in [0.1, 0.15) is 113 Å². The van der Waals surface area contributed by atoms with Crippen molar-refractivity contribution in [2.24, 2.45) is 40.4 Å². The third-order valence-electron chi connectivity index (χ3n) is 12.4. The molecule has 0 heterocycles. The van der Waals surface area contributed by atoms with Gasteiger partial charge in [-0.05, 0) is 118 Å². The van der Waals surface area contributed by atoms with Crippen LogP contribution in [0.25, 0.3) is 0 Å². The average Bonchev–Trinajstić information content (AvgIpc) is 3.11. The van der Waals surface area contributed by atoms with Gasteiger partial charge in [-0.2, -0.15) is 0 Å². The zero-order valence-corrected chi connectivity index (χ0v) is 27.2. The highest BCUT2D eigenvalue weighted by atomic mass is 28.4. The van der Waals surface area contributed by atoms with Crippen molar-refractivity contribution in [1.82, 2.24) is 0 Å². The molecule has 9 atom stereocenters. The minimum absolute atomic E-state index is 0.0909. The van der Waals surface area contributed by atoms with Crippen molar-refractivity contribution in [2.45, 2.75) is 149 Å². The molecule has 0 aromatic rings. The van der Waals surface area contributed by atoms with Gasteiger partial charge >= 0.3 is 0 Å². The number of rotatable bonds is 7. The van der Waals surface area contributed by atoms with E-state index in [1.165, 1.54) is 18.4 Å². The van der Waals surface area contributed by atoms with Crippen molar-refractivity contribution in [1.29, 1.82) is 0 Å². The van der Waals surface area contributed by atoms with Crippen LogP contribution in [0.4, 0.5) is 0 Å². The molecule has 4 aliphatic rings. The molecule has 0 radical (unpaired) electrons. The molecule has 0 bridgehead atoms. The molecule has 4 rings (SSSR count). The van der Waals surface area contributed by atoms with Crippen LogP contribution in [-0.2, 0) is 9.22 Å². The van der Waals surface area contributed by atoms with Gasteiger partial charge in [0.15, 0.2) is 14.1 Å². The van der Waals surface area contributed by atoms with Crippen LogP contribution in [0.15, 0.2) is 11.6 Å². The third-order valence-corrected chi connectivity index (χ3v) is 16.9. The maximum atomic E-state index is 13.9. The molecule has 0 saturated heterocycles. The maximum absolute atomic E-state index is 13.9. The quantitative estimate of drug-likeness (QED) is 0.321. The molecule has 5 heteroatoms. The van der Waals surface area contributed by atoms with Crippen molar-refractivity contribution >= 4 is 14.1 Å². The molecule has 0 amide bonds. The predicted octanol–water partition coefficient (Wildman–Crippen LogP) is 7.68. The van der Waals surface area contributed by atoms with E-state index < -0.39 is 20.0 Å². The summed E-state index contributed by atoms with van der Waals surface area (Å²) in [5.74, 6) is 2.51. The second kappa shape index (κ2) is 10.1. The normalized spacial score (nSPS) is 40.7. The molecule has 38 heavy (non-hydrogen) atoms. The molecular weight excluding hydrogens is 488 g/mol. The van der Waals surface area contributed by atoms with Gasteiger partial charge in [0.2, 0.25) is 0 Å². The Morgan fingerprint density at radius 1 is 1.11 bits per heavy atom. The molecule has 0 aliphatic heterocycles. The van der Waals surface area contributed by atoms with Crippen LogP contribution in [0.3, 0.4) is 0 Å². The molecule has 3 fully saturated rings. The second-order valence-corrected chi connectivity index (χ2v) is 21.3. The van der Waals surface area contributed by atoms with Crippen LogP contribution in [0, 0.1) is 40.4 Å². The number of carbonyl (C=O) groups is 1. The van der Waals surface area contributed by atoms with Crippen molar-refractivity contribution in [3.05, 3.63) is 11.6 Å². The molecule has 0 aromatic carbocycles. The van der Waals surface area contributed by atoms with E-state index in [1.807, 2.05) is 19.9 Å². The summed E-state index contributed by atoms with van der Waals surface area (Å²) in [5.41, 5.74) is 0.764. The first-order chi connectivity index (χ1) is 17.3. The summed E-state index contributed by atoms with van der Waals surface area (Å²) in [4.78, 5) is 13.9. The number of carbonyl (C=O) groups excluding carboxylic acids is 1. The molecule has 3 saturated carbocycles. The van der Waals surface area contributed by atoms with Crippen LogP contribution in [0.2, 0.25) is 18.1 Å². The summed E-state index contributed by atoms with van der Waals surface area (Å²) >= 11 is 0. The van der Waals surface area contributed by atoms with Crippen LogP contribution < -0.4 is 0 Å². The number of aliphatic hydroxyl groups excluding tert-OH is 1. The molecule has 218 valence electrons. The number of hydrogen-bond acceptors (Lipinski definition) is 4. The molecule has 0 unspecified atom stereocenters. The molecule has 4 aliphatic carbocycles. The number of allylic oxidation sites excluding steroid dienone is 1. The first-order valence-electron chi connectivity index (χ1n) is 15.6. The fraction of sp³-hybridized carbons (Fsp3) is 0.909. The van der Waals surface area contributed by atoms with Gasteiger partial charge in [0.1, 0.15) is 0 Å². The number of hydrogen-bond donors (Lipinski definition) is 2. The zero-order chi connectivity index (χ0) is 28.5. The Kier molecular flexibility index (Phi) is 8.10. The summed E-state index contributed by atoms with van der Waals surface area (Å²) in [6.45, 7) is 22.3. The van der Waals surface area contributed by atoms with Crippen molar-refractivity contribution in [3.8, 4) is 0 Å². The Morgan fingerprint density at radius 3 is 2.37 bits per heavy atom. The van der Waals surface area contributed by atoms with E-state index in [4.69, 9.17) is 4.43 Å². The number of aliphatic hydroxyl groups is 2. The van der Waals surface area contributed by atoms with E-state index in [-0.39, 0.29) is 27.9 Å². The van der Waals surface area contributed by atoms with Gasteiger partial charge in [0.05, 0.1) is 17.8 Å². The smallest absolute Gasteiger partial charge is 0.192 e. The highest BCUT2D eigenvalue weighted by Gasteiger charge is 2.62. The topological polar surface area (TPSA) is 66.8 Å². The Labute approximate surface area is 234 Å². The second-order valence-electron chi connectivity index (χ2n) is 16.5. The van der Waals surface area contributed by atoms with Gasteiger partial charge in [-0.25, -0.2) is 0 Å². The number of ketones is 1. The van der Waals surface area contributed by atoms with Crippen molar-refractivity contribution < 1.29 is 19.4 Å². The monoisotopic (exact) mass is 546 g/mol. The molecule has 0 aromatic heterocycles. The van der Waals surface area contributed by atoms with Gasteiger partial charge in [0.25, 0.3) is 0 Å². The Bertz CT molecular complexity index is 926. The van der Waals surface area contributed by atoms with E-state index in [1.54, 1.807) is 0 Å². The SMILES string of the molecule is C[C@H](CCCC(C)(C)O)[C@H]1CC[C@H]2[C@@H]3C(=O)C=C4C[C@@H](O[Si](C)(C)C(C)(C)C)[C@H](O)C[C@]4(C)[C@H]3CC[C@]12C. The van der Waals surface area contributed by atoms with E-state index in [9.17, 15) is 15.0 Å². The number of fused-ring (bicyclic) bond motifs is 5. The summed E-state index contributed by atoms with van der Waals surface area (Å²) in [5, 5.41) is 21.7. The predicted molar refractivity (Wildman–Crippen MR) is 158 cm³/mol. The Morgan fingerprint density at radius 2 is 1.76 bits per heavy atom. The van der Waals surface area contributed by atoms with E-state index in [0.29, 0.717) is 42.3 Å². The lowest BCUT2D eigenvalue weighted by molar-refractivity contribution is -0.138. The minimum Gasteiger partial charge on any atom is -0.411 e. The lowest BCUT2D eigenvalue weighted by atomic mass is 9.46. The fourth-order valence-corrected chi connectivity index (χ4v) is 10.5. The van der Waals surface area contributed by atoms with Gasteiger partial charge in [0, 0.05) is 5.92 Å². The highest BCUT2D eigenvalue weighted by molar-refractivity contribution is 6.74. The Balaban J connectivity index is 1.53. The summed E-state index contributed by atoms with van der Waals surface area (Å²) < 4.78 is 6.72. The lowest BCUT2D eigenvalue weighted by Crippen LogP contribution is -2.57. The summed E-state index contributed by atoms with van der Waals surface area (Å²) in [7, 11) is -2.02. The largest absolute Gasteiger partial charge is 0.411 e. The van der Waals surface area contributed by atoms with Gasteiger partial charge in [-0.1, -0.05) is 60.0 Å².